The molecule has 0 fully saturated rings. The van der Waals surface area contributed by atoms with E-state index in [1.807, 2.05) is 43.0 Å². The lowest BCUT2D eigenvalue weighted by molar-refractivity contribution is -0.120. The van der Waals surface area contributed by atoms with Gasteiger partial charge in [0.2, 0.25) is 5.91 Å². The maximum absolute atomic E-state index is 12.0. The zero-order chi connectivity index (χ0) is 15.2. The number of nitrogens with one attached hydrogen (secondary N) is 1. The maximum Gasteiger partial charge on any atom is 0.233 e. The van der Waals surface area contributed by atoms with Crippen molar-refractivity contribution in [2.45, 2.75) is 42.6 Å². The van der Waals surface area contributed by atoms with E-state index in [-0.39, 0.29) is 15.9 Å². The van der Waals surface area contributed by atoms with Crippen LogP contribution >= 0.6 is 35.1 Å². The highest BCUT2D eigenvalue weighted by Gasteiger charge is 2.15. The Hall–Kier alpha value is -0.320. The van der Waals surface area contributed by atoms with Crippen molar-refractivity contribution in [3.63, 3.8) is 0 Å². The van der Waals surface area contributed by atoms with Gasteiger partial charge in [-0.3, -0.25) is 4.79 Å². The third kappa shape index (κ3) is 7.46. The first-order chi connectivity index (χ1) is 9.28. The number of carbonyl (C=O) groups is 1. The highest BCUT2D eigenvalue weighted by atomic mass is 35.5. The van der Waals surface area contributed by atoms with Crippen LogP contribution in [0.3, 0.4) is 0 Å². The van der Waals surface area contributed by atoms with Crippen molar-refractivity contribution in [3.05, 3.63) is 29.3 Å². The molecule has 1 N–H and O–H groups in total. The minimum atomic E-state index is -0.101. The summed E-state index contributed by atoms with van der Waals surface area (Å²) in [6, 6.07) is 7.56. The molecular weight excluding hydrogens is 310 g/mol. The second kappa shape index (κ2) is 8.20. The molecule has 20 heavy (non-hydrogen) atoms. The van der Waals surface area contributed by atoms with Crippen LogP contribution in [0, 0.1) is 0 Å². The SMILES string of the molecule is CC(Sc1ccc(Cl)cc1)C(=O)NCCSC(C)(C)C. The molecule has 0 saturated carbocycles. The van der Waals surface area contributed by atoms with Crippen LogP contribution < -0.4 is 5.32 Å². The molecule has 0 heterocycles. The van der Waals surface area contributed by atoms with E-state index in [9.17, 15) is 4.79 Å². The Morgan fingerprint density at radius 2 is 1.90 bits per heavy atom. The smallest absolute Gasteiger partial charge is 0.233 e. The van der Waals surface area contributed by atoms with E-state index in [2.05, 4.69) is 26.1 Å². The van der Waals surface area contributed by atoms with Crippen LogP contribution in [0.15, 0.2) is 29.2 Å². The molecule has 1 aromatic carbocycles. The molecule has 2 nitrogen and oxygen atoms in total. The number of hydrogen-bond acceptors (Lipinski definition) is 3. The number of halogens is 1. The first kappa shape index (κ1) is 17.7. The van der Waals surface area contributed by atoms with E-state index in [4.69, 9.17) is 11.6 Å². The van der Waals surface area contributed by atoms with Crippen LogP contribution in [-0.2, 0) is 4.79 Å². The summed E-state index contributed by atoms with van der Waals surface area (Å²) in [5.41, 5.74) is 0. The van der Waals surface area contributed by atoms with E-state index in [1.165, 1.54) is 0 Å². The monoisotopic (exact) mass is 331 g/mol. The number of amides is 1. The fraction of sp³-hybridized carbons (Fsp3) is 0.533. The summed E-state index contributed by atoms with van der Waals surface area (Å²) >= 11 is 9.24. The third-order valence-electron chi connectivity index (χ3n) is 2.43. The Morgan fingerprint density at radius 1 is 1.30 bits per heavy atom. The zero-order valence-electron chi connectivity index (χ0n) is 12.4. The summed E-state index contributed by atoms with van der Waals surface area (Å²) in [5.74, 6) is 1.02. The van der Waals surface area contributed by atoms with Gasteiger partial charge in [0.05, 0.1) is 5.25 Å². The van der Waals surface area contributed by atoms with Crippen molar-refractivity contribution in [1.29, 1.82) is 0 Å². The molecule has 1 aromatic rings. The fourth-order valence-corrected chi connectivity index (χ4v) is 3.28. The molecule has 112 valence electrons. The van der Waals surface area contributed by atoms with E-state index in [0.29, 0.717) is 11.6 Å². The van der Waals surface area contributed by atoms with Gasteiger partial charge in [-0.25, -0.2) is 0 Å². The molecule has 0 aromatic heterocycles. The molecule has 0 aliphatic carbocycles. The van der Waals surface area contributed by atoms with Crippen LogP contribution in [0.5, 0.6) is 0 Å². The number of carbonyl (C=O) groups excluding carboxylic acids is 1. The minimum absolute atomic E-state index is 0.0828. The summed E-state index contributed by atoms with van der Waals surface area (Å²) in [6.07, 6.45) is 0. The van der Waals surface area contributed by atoms with Gasteiger partial charge in [-0.1, -0.05) is 32.4 Å². The Labute approximate surface area is 135 Å². The van der Waals surface area contributed by atoms with Gasteiger partial charge in [-0.2, -0.15) is 11.8 Å². The molecule has 5 heteroatoms. The predicted molar refractivity (Wildman–Crippen MR) is 92.0 cm³/mol. The van der Waals surface area contributed by atoms with E-state index in [1.54, 1.807) is 11.8 Å². The lowest BCUT2D eigenvalue weighted by atomic mass is 10.3. The van der Waals surface area contributed by atoms with Gasteiger partial charge < -0.3 is 5.32 Å². The standard InChI is InChI=1S/C15H22ClNOS2/c1-11(20-13-7-5-12(16)6-8-13)14(18)17-9-10-19-15(2,3)4/h5-8,11H,9-10H2,1-4H3,(H,17,18). The summed E-state index contributed by atoms with van der Waals surface area (Å²) in [5, 5.41) is 3.59. The van der Waals surface area contributed by atoms with Crippen molar-refractivity contribution in [2.75, 3.05) is 12.3 Å². The molecule has 0 aliphatic rings. The summed E-state index contributed by atoms with van der Waals surface area (Å²) in [4.78, 5) is 13.0. The fourth-order valence-electron chi connectivity index (χ4n) is 1.45. The second-order valence-electron chi connectivity index (χ2n) is 5.47. The second-order valence-corrected chi connectivity index (χ2v) is 9.24. The maximum atomic E-state index is 12.0. The highest BCUT2D eigenvalue weighted by molar-refractivity contribution is 8.00. The Bertz CT molecular complexity index is 428. The van der Waals surface area contributed by atoms with Gasteiger partial charge in [0.25, 0.3) is 0 Å². The van der Waals surface area contributed by atoms with Gasteiger partial charge in [0, 0.05) is 27.0 Å². The number of benzene rings is 1. The molecule has 1 atom stereocenters. The molecule has 1 amide bonds. The van der Waals surface area contributed by atoms with Crippen molar-refractivity contribution < 1.29 is 4.79 Å². The van der Waals surface area contributed by atoms with E-state index < -0.39 is 0 Å². The lowest BCUT2D eigenvalue weighted by Crippen LogP contribution is -2.33. The molecule has 0 bridgehead atoms. The van der Waals surface area contributed by atoms with E-state index >= 15 is 0 Å². The Morgan fingerprint density at radius 3 is 2.45 bits per heavy atom. The first-order valence-corrected chi connectivity index (χ1v) is 8.86. The topological polar surface area (TPSA) is 29.1 Å². The molecule has 1 unspecified atom stereocenters. The van der Waals surface area contributed by atoms with Gasteiger partial charge >= 0.3 is 0 Å². The lowest BCUT2D eigenvalue weighted by Gasteiger charge is -2.18. The average Bonchev–Trinajstić information content (AvgIpc) is 2.36. The predicted octanol–water partition coefficient (Wildman–Crippen LogP) is 4.47. The normalized spacial score (nSPS) is 13.1. The average molecular weight is 332 g/mol. The van der Waals surface area contributed by atoms with Crippen LogP contribution in [-0.4, -0.2) is 28.2 Å². The summed E-state index contributed by atoms with van der Waals surface area (Å²) in [7, 11) is 0. The molecule has 0 aliphatic heterocycles. The zero-order valence-corrected chi connectivity index (χ0v) is 14.8. The third-order valence-corrected chi connectivity index (χ3v) is 5.07. The van der Waals surface area contributed by atoms with Crippen LogP contribution in [0.1, 0.15) is 27.7 Å². The van der Waals surface area contributed by atoms with Gasteiger partial charge in [-0.05, 0) is 31.2 Å². The van der Waals surface area contributed by atoms with Crippen molar-refractivity contribution in [2.24, 2.45) is 0 Å². The number of hydrogen-bond donors (Lipinski definition) is 1. The summed E-state index contributed by atoms with van der Waals surface area (Å²) in [6.45, 7) is 9.17. The van der Waals surface area contributed by atoms with Crippen LogP contribution in [0.4, 0.5) is 0 Å². The van der Waals surface area contributed by atoms with Crippen LogP contribution in [0.2, 0.25) is 5.02 Å². The quantitative estimate of drug-likeness (QED) is 0.616. The molecular formula is C15H22ClNOS2. The Balaban J connectivity index is 2.30. The van der Waals surface area contributed by atoms with Crippen molar-refractivity contribution in [3.8, 4) is 0 Å². The Kier molecular flexibility index (Phi) is 7.27. The van der Waals surface area contributed by atoms with Crippen molar-refractivity contribution >= 4 is 41.0 Å². The number of rotatable bonds is 6. The largest absolute Gasteiger partial charge is 0.354 e. The van der Waals surface area contributed by atoms with Gasteiger partial charge in [0.1, 0.15) is 0 Å². The molecule has 0 spiro atoms. The minimum Gasteiger partial charge on any atom is -0.354 e. The van der Waals surface area contributed by atoms with Crippen LogP contribution in [0.25, 0.3) is 0 Å². The molecule has 1 rings (SSSR count). The van der Waals surface area contributed by atoms with Gasteiger partial charge in [0.15, 0.2) is 0 Å². The summed E-state index contributed by atoms with van der Waals surface area (Å²) < 4.78 is 0.244. The molecule has 0 saturated heterocycles. The number of thioether (sulfide) groups is 2. The van der Waals surface area contributed by atoms with Gasteiger partial charge in [-0.15, -0.1) is 11.8 Å². The van der Waals surface area contributed by atoms with Crippen molar-refractivity contribution in [1.82, 2.24) is 5.32 Å². The first-order valence-electron chi connectivity index (χ1n) is 6.62. The van der Waals surface area contributed by atoms with E-state index in [0.717, 1.165) is 10.6 Å². The highest BCUT2D eigenvalue weighted by Crippen LogP contribution is 2.25. The molecule has 0 radical (unpaired) electrons.